The molecule has 0 fully saturated rings. The summed E-state index contributed by atoms with van der Waals surface area (Å²) in [6.45, 7) is 0. The van der Waals surface area contributed by atoms with Gasteiger partial charge < -0.3 is 9.80 Å². The monoisotopic (exact) mass is 946 g/mol. The smallest absolute Gasteiger partial charge is 0.0540 e. The van der Waals surface area contributed by atoms with Gasteiger partial charge in [-0.1, -0.05) is 188 Å². The van der Waals surface area contributed by atoms with E-state index in [9.17, 15) is 0 Å². The van der Waals surface area contributed by atoms with Crippen molar-refractivity contribution in [1.29, 1.82) is 0 Å². The van der Waals surface area contributed by atoms with E-state index in [1.54, 1.807) is 0 Å². The second kappa shape index (κ2) is 17.8. The van der Waals surface area contributed by atoms with Crippen LogP contribution in [0.15, 0.2) is 279 Å². The number of para-hydroxylation sites is 2. The van der Waals surface area contributed by atoms with Crippen molar-refractivity contribution < 1.29 is 0 Å². The zero-order valence-electron chi connectivity index (χ0n) is 39.9. The van der Waals surface area contributed by atoms with Crippen molar-refractivity contribution in [3.8, 4) is 33.4 Å². The Bertz CT molecular complexity index is 4280. The molecule has 0 N–H and O–H groups in total. The molecule has 2 nitrogen and oxygen atoms in total. The summed E-state index contributed by atoms with van der Waals surface area (Å²) in [5, 5.41) is 12.7. The van der Waals surface area contributed by atoms with Gasteiger partial charge in [0.2, 0.25) is 0 Å². The van der Waals surface area contributed by atoms with Crippen molar-refractivity contribution in [1.82, 2.24) is 0 Å². The molecule has 0 aliphatic rings. The molecule has 0 atom stereocenters. The highest BCUT2D eigenvalue weighted by atomic mass is 32.1. The largest absolute Gasteiger partial charge is 0.311 e. The van der Waals surface area contributed by atoms with E-state index < -0.39 is 0 Å². The fraction of sp³-hybridized carbons (Fsp3) is 0. The van der Waals surface area contributed by atoms with Gasteiger partial charge in [0.15, 0.2) is 0 Å². The molecule has 342 valence electrons. The van der Waals surface area contributed by atoms with Crippen LogP contribution in [0.1, 0.15) is 0 Å². The van der Waals surface area contributed by atoms with Crippen LogP contribution in [-0.2, 0) is 0 Å². The van der Waals surface area contributed by atoms with Crippen LogP contribution in [0.4, 0.5) is 34.1 Å². The molecule has 0 saturated heterocycles. The fourth-order valence-corrected chi connectivity index (χ4v) is 12.2. The molecule has 14 aromatic rings. The maximum absolute atomic E-state index is 2.43. The lowest BCUT2D eigenvalue weighted by Gasteiger charge is -2.28. The lowest BCUT2D eigenvalue weighted by atomic mass is 9.92. The summed E-state index contributed by atoms with van der Waals surface area (Å²) in [4.78, 5) is 4.73. The lowest BCUT2D eigenvalue weighted by Crippen LogP contribution is -2.10. The van der Waals surface area contributed by atoms with Crippen LogP contribution in [0.2, 0.25) is 0 Å². The number of benzene rings is 13. The third kappa shape index (κ3) is 7.49. The first-order valence-corrected chi connectivity index (χ1v) is 25.8. The van der Waals surface area contributed by atoms with Gasteiger partial charge in [-0.15, -0.1) is 11.3 Å². The second-order valence-corrected chi connectivity index (χ2v) is 19.9. The number of fused-ring (bicyclic) bond motifs is 10. The number of thiophene rings is 1. The van der Waals surface area contributed by atoms with Gasteiger partial charge in [0.1, 0.15) is 0 Å². The number of anilines is 6. The van der Waals surface area contributed by atoms with Gasteiger partial charge in [0.05, 0.1) is 5.69 Å². The number of hydrogen-bond donors (Lipinski definition) is 0. The van der Waals surface area contributed by atoms with E-state index in [0.717, 1.165) is 45.3 Å². The molecule has 0 spiro atoms. The normalized spacial score (nSPS) is 11.6. The molecule has 13 aromatic carbocycles. The molecule has 14 rings (SSSR count). The van der Waals surface area contributed by atoms with Gasteiger partial charge in [-0.2, -0.15) is 0 Å². The first kappa shape index (κ1) is 42.6. The Morgan fingerprint density at radius 2 is 0.589 bits per heavy atom. The highest BCUT2D eigenvalue weighted by Gasteiger charge is 2.20. The number of nitrogens with zero attached hydrogens (tertiary/aromatic N) is 2. The Labute approximate surface area is 428 Å². The molecule has 0 unspecified atom stereocenters. The third-order valence-corrected chi connectivity index (χ3v) is 15.8. The van der Waals surface area contributed by atoms with Gasteiger partial charge >= 0.3 is 0 Å². The van der Waals surface area contributed by atoms with Crippen LogP contribution in [0.3, 0.4) is 0 Å². The zero-order chi connectivity index (χ0) is 48.2. The Kier molecular flexibility index (Phi) is 10.4. The van der Waals surface area contributed by atoms with Crippen molar-refractivity contribution in [2.75, 3.05) is 9.80 Å². The molecular weight excluding hydrogens is 901 g/mol. The minimum atomic E-state index is 1.08. The highest BCUT2D eigenvalue weighted by Crippen LogP contribution is 2.45. The quantitative estimate of drug-likeness (QED) is 0.133. The van der Waals surface area contributed by atoms with Gasteiger partial charge in [-0.3, -0.25) is 0 Å². The maximum atomic E-state index is 2.43. The lowest BCUT2D eigenvalue weighted by molar-refractivity contribution is 1.28. The Morgan fingerprint density at radius 1 is 0.205 bits per heavy atom. The average molecular weight is 947 g/mol. The average Bonchev–Trinajstić information content (AvgIpc) is 3.84. The van der Waals surface area contributed by atoms with Crippen molar-refractivity contribution in [3.05, 3.63) is 279 Å². The van der Waals surface area contributed by atoms with Crippen molar-refractivity contribution in [2.24, 2.45) is 0 Å². The molecule has 0 aliphatic heterocycles. The Morgan fingerprint density at radius 3 is 1.16 bits per heavy atom. The molecule has 3 heteroatoms. The predicted molar refractivity (Wildman–Crippen MR) is 315 cm³/mol. The van der Waals surface area contributed by atoms with E-state index in [4.69, 9.17) is 0 Å². The van der Waals surface area contributed by atoms with Crippen molar-refractivity contribution in [3.63, 3.8) is 0 Å². The van der Waals surface area contributed by atoms with Crippen LogP contribution in [0.25, 0.3) is 96.6 Å². The Balaban J connectivity index is 0.868. The van der Waals surface area contributed by atoms with Gasteiger partial charge in [0, 0.05) is 54.0 Å². The molecule has 0 saturated carbocycles. The minimum absolute atomic E-state index is 1.08. The predicted octanol–water partition coefficient (Wildman–Crippen LogP) is 20.6. The molecule has 1 heterocycles. The van der Waals surface area contributed by atoms with Gasteiger partial charge in [-0.05, 0) is 162 Å². The van der Waals surface area contributed by atoms with Gasteiger partial charge in [0.25, 0.3) is 0 Å². The summed E-state index contributed by atoms with van der Waals surface area (Å²) >= 11 is 1.86. The maximum Gasteiger partial charge on any atom is 0.0540 e. The van der Waals surface area contributed by atoms with Crippen molar-refractivity contribution in [2.45, 2.75) is 0 Å². The van der Waals surface area contributed by atoms with E-state index in [1.165, 1.54) is 85.5 Å². The third-order valence-electron chi connectivity index (χ3n) is 14.6. The summed E-state index contributed by atoms with van der Waals surface area (Å²) < 4.78 is 2.63. The molecule has 0 aliphatic carbocycles. The summed E-state index contributed by atoms with van der Waals surface area (Å²) in [6, 6.07) is 102. The summed E-state index contributed by atoms with van der Waals surface area (Å²) in [5.41, 5.74) is 13.8. The summed E-state index contributed by atoms with van der Waals surface area (Å²) in [7, 11) is 0. The molecule has 0 bridgehead atoms. The molecule has 0 radical (unpaired) electrons. The first-order chi connectivity index (χ1) is 36.2. The highest BCUT2D eigenvalue weighted by molar-refractivity contribution is 7.25. The Hall–Kier alpha value is -9.28. The molecular formula is C70H46N2S. The fourth-order valence-electron chi connectivity index (χ4n) is 11.1. The molecule has 73 heavy (non-hydrogen) atoms. The SMILES string of the molecule is c1ccc(N(c2ccccc2)c2ccc(-c3ccc(N(c4ccc(-c5ccc6c7ccccc7c7ccccc7c6c5)cc4)c4ccc(-c5ccc6sc7ccccc7c6c5)c5ccccc45)cc3)cc2)cc1. The van der Waals surface area contributed by atoms with Crippen LogP contribution in [0, 0.1) is 0 Å². The van der Waals surface area contributed by atoms with Crippen LogP contribution in [-0.4, -0.2) is 0 Å². The molecule has 0 amide bonds. The van der Waals surface area contributed by atoms with E-state index in [-0.39, 0.29) is 0 Å². The standard InChI is InChI=1S/C70H46N2S/c1-3-15-52(16-4-1)71(53-17-5-2-6-18-53)54-35-27-47(28-36-54)48-29-37-55(38-30-48)72(68-43-42-57(58-19-11-12-24-64(58)68)51-34-44-70-67(46-51)65-25-13-14-26-69(65)73-70)56-39-31-49(32-40-56)50-33-41-63-61-22-8-7-20-59(61)60-21-9-10-23-62(60)66(63)45-50/h1-46H. The van der Waals surface area contributed by atoms with E-state index in [2.05, 4.69) is 289 Å². The number of rotatable bonds is 9. The minimum Gasteiger partial charge on any atom is -0.311 e. The zero-order valence-corrected chi connectivity index (χ0v) is 40.7. The van der Waals surface area contributed by atoms with E-state index >= 15 is 0 Å². The van der Waals surface area contributed by atoms with Crippen LogP contribution in [0.5, 0.6) is 0 Å². The topological polar surface area (TPSA) is 6.48 Å². The van der Waals surface area contributed by atoms with Crippen LogP contribution >= 0.6 is 11.3 Å². The van der Waals surface area contributed by atoms with Crippen LogP contribution < -0.4 is 9.80 Å². The molecule has 1 aromatic heterocycles. The number of hydrogen-bond acceptors (Lipinski definition) is 3. The first-order valence-electron chi connectivity index (χ1n) is 25.0. The van der Waals surface area contributed by atoms with Gasteiger partial charge in [-0.25, -0.2) is 0 Å². The van der Waals surface area contributed by atoms with Crippen molar-refractivity contribution >= 4 is 109 Å². The summed E-state index contributed by atoms with van der Waals surface area (Å²) in [6.07, 6.45) is 0. The van der Waals surface area contributed by atoms with E-state index in [0.29, 0.717) is 0 Å². The van der Waals surface area contributed by atoms with E-state index in [1.807, 2.05) is 11.3 Å². The summed E-state index contributed by atoms with van der Waals surface area (Å²) in [5.74, 6) is 0. The second-order valence-electron chi connectivity index (χ2n) is 18.8.